The summed E-state index contributed by atoms with van der Waals surface area (Å²) in [5, 5.41) is 5.19. The van der Waals surface area contributed by atoms with Crippen molar-refractivity contribution in [3.63, 3.8) is 0 Å². The Kier molecular flexibility index (Phi) is 4.20. The first-order valence-corrected chi connectivity index (χ1v) is 7.73. The molecule has 0 aliphatic heterocycles. The van der Waals surface area contributed by atoms with Crippen LogP contribution >= 0.6 is 22.6 Å². The van der Waals surface area contributed by atoms with Gasteiger partial charge < -0.3 is 9.84 Å². The van der Waals surface area contributed by atoms with Gasteiger partial charge in [0, 0.05) is 14.8 Å². The molecule has 0 saturated carbocycles. The third kappa shape index (κ3) is 3.00. The minimum absolute atomic E-state index is 0.110. The Morgan fingerprint density at radius 2 is 1.96 bits per heavy atom. The van der Waals surface area contributed by atoms with E-state index in [2.05, 4.69) is 37.6 Å². The average Bonchev–Trinajstić information content (AvgIpc) is 2.92. The molecule has 23 heavy (non-hydrogen) atoms. The van der Waals surface area contributed by atoms with Gasteiger partial charge in [-0.2, -0.15) is 0 Å². The van der Waals surface area contributed by atoms with Crippen molar-refractivity contribution < 1.29 is 13.3 Å². The minimum atomic E-state index is -1.05. The van der Waals surface area contributed by atoms with Gasteiger partial charge >= 0.3 is 5.63 Å². The van der Waals surface area contributed by atoms with Crippen molar-refractivity contribution >= 4 is 34.0 Å². The van der Waals surface area contributed by atoms with Crippen LogP contribution in [0.5, 0.6) is 0 Å². The first-order valence-electron chi connectivity index (χ1n) is 6.66. The van der Waals surface area contributed by atoms with E-state index in [9.17, 15) is 13.6 Å². The summed E-state index contributed by atoms with van der Waals surface area (Å²) in [4.78, 5) is 11.7. The van der Waals surface area contributed by atoms with Crippen LogP contribution < -0.4 is 10.9 Å². The summed E-state index contributed by atoms with van der Waals surface area (Å²) in [5.74, 6) is -2.06. The topological polar surface area (TPSA) is 58.0 Å². The summed E-state index contributed by atoms with van der Waals surface area (Å²) in [7, 11) is 0. The van der Waals surface area contributed by atoms with E-state index in [1.165, 1.54) is 12.3 Å². The summed E-state index contributed by atoms with van der Waals surface area (Å²) in [6.07, 6.45) is 1.31. The van der Waals surface area contributed by atoms with E-state index in [4.69, 9.17) is 0 Å². The average molecular weight is 428 g/mol. The van der Waals surface area contributed by atoms with E-state index in [1.54, 1.807) is 6.07 Å². The largest absolute Gasteiger partial charge is 0.365 e. The normalized spacial score (nSPS) is 10.8. The fourth-order valence-electron chi connectivity index (χ4n) is 2.24. The van der Waals surface area contributed by atoms with Crippen molar-refractivity contribution in [2.75, 3.05) is 5.32 Å². The molecule has 3 rings (SSSR count). The number of aromatic nitrogens is 1. The van der Waals surface area contributed by atoms with Gasteiger partial charge in [-0.15, -0.1) is 0 Å². The number of aromatic amines is 1. The van der Waals surface area contributed by atoms with Gasteiger partial charge in [-0.05, 0) is 65.4 Å². The molecule has 0 radical (unpaired) electrons. The highest BCUT2D eigenvalue weighted by Crippen LogP contribution is 2.33. The molecule has 0 spiro atoms. The predicted octanol–water partition coefficient (Wildman–Crippen LogP) is 4.57. The van der Waals surface area contributed by atoms with Crippen LogP contribution in [0.25, 0.3) is 11.1 Å². The van der Waals surface area contributed by atoms with Crippen molar-refractivity contribution in [2.45, 2.75) is 6.92 Å². The molecule has 0 bridgehead atoms. The van der Waals surface area contributed by atoms with Gasteiger partial charge in [0.25, 0.3) is 0 Å². The lowest BCUT2D eigenvalue weighted by atomic mass is 10.1. The molecule has 7 heteroatoms. The van der Waals surface area contributed by atoms with Gasteiger partial charge in [0.05, 0.1) is 17.4 Å². The monoisotopic (exact) mass is 428 g/mol. The molecule has 118 valence electrons. The summed E-state index contributed by atoms with van der Waals surface area (Å²) >= 11 is 2.16. The second kappa shape index (κ2) is 6.15. The maximum atomic E-state index is 14.3. The lowest BCUT2D eigenvalue weighted by molar-refractivity contribution is 0.392. The van der Waals surface area contributed by atoms with Crippen LogP contribution in [0, 0.1) is 22.1 Å². The highest BCUT2D eigenvalue weighted by Gasteiger charge is 2.19. The lowest BCUT2D eigenvalue weighted by Gasteiger charge is -2.14. The molecule has 0 amide bonds. The number of hydrogen-bond donors (Lipinski definition) is 2. The van der Waals surface area contributed by atoms with Crippen LogP contribution in [-0.2, 0) is 0 Å². The van der Waals surface area contributed by atoms with Crippen molar-refractivity contribution in [3.8, 4) is 11.1 Å². The van der Waals surface area contributed by atoms with Gasteiger partial charge in [-0.25, -0.2) is 18.7 Å². The van der Waals surface area contributed by atoms with Crippen LogP contribution in [-0.4, -0.2) is 5.16 Å². The van der Waals surface area contributed by atoms with Crippen LogP contribution in [0.4, 0.5) is 20.2 Å². The first-order chi connectivity index (χ1) is 11.0. The van der Waals surface area contributed by atoms with Crippen LogP contribution in [0.3, 0.4) is 0 Å². The summed E-state index contributed by atoms with van der Waals surface area (Å²) in [6, 6.07) is 7.83. The minimum Gasteiger partial charge on any atom is -0.352 e. The Morgan fingerprint density at radius 1 is 1.17 bits per heavy atom. The third-order valence-electron chi connectivity index (χ3n) is 3.41. The maximum absolute atomic E-state index is 14.3. The molecule has 4 nitrogen and oxygen atoms in total. The van der Waals surface area contributed by atoms with E-state index in [0.29, 0.717) is 5.69 Å². The van der Waals surface area contributed by atoms with Gasteiger partial charge in [0.1, 0.15) is 0 Å². The standard InChI is InChI=1S/C16H11F2IN2O2/c1-8-6-9(19)2-5-13(8)21-15-10(3-4-12(17)14(15)18)11-7-20-23-16(11)22/h2-7,20-21H,1H3. The van der Waals surface area contributed by atoms with Gasteiger partial charge in [-0.1, -0.05) is 0 Å². The Balaban J connectivity index is 2.16. The smallest absolute Gasteiger partial charge is 0.352 e. The Morgan fingerprint density at radius 3 is 2.61 bits per heavy atom. The zero-order valence-electron chi connectivity index (χ0n) is 11.9. The van der Waals surface area contributed by atoms with E-state index >= 15 is 0 Å². The number of rotatable bonds is 3. The van der Waals surface area contributed by atoms with Crippen molar-refractivity contribution in [1.82, 2.24) is 5.16 Å². The summed E-state index contributed by atoms with van der Waals surface area (Å²) < 4.78 is 33.6. The second-order valence-electron chi connectivity index (χ2n) is 4.93. The molecule has 0 unspecified atom stereocenters. The molecule has 0 aliphatic carbocycles. The van der Waals surface area contributed by atoms with E-state index < -0.39 is 17.3 Å². The zero-order chi connectivity index (χ0) is 16.6. The fourth-order valence-corrected chi connectivity index (χ4v) is 2.89. The Bertz CT molecular complexity index is 934. The van der Waals surface area contributed by atoms with Crippen LogP contribution in [0.1, 0.15) is 5.56 Å². The molecule has 1 heterocycles. The van der Waals surface area contributed by atoms with E-state index in [0.717, 1.165) is 15.2 Å². The quantitative estimate of drug-likeness (QED) is 0.602. The van der Waals surface area contributed by atoms with Gasteiger partial charge in [0.2, 0.25) is 0 Å². The number of aryl methyl sites for hydroxylation is 1. The molecule has 2 N–H and O–H groups in total. The van der Waals surface area contributed by atoms with E-state index in [1.807, 2.05) is 19.1 Å². The van der Waals surface area contributed by atoms with Gasteiger partial charge in [0.15, 0.2) is 11.6 Å². The second-order valence-corrected chi connectivity index (χ2v) is 6.18. The number of anilines is 2. The highest BCUT2D eigenvalue weighted by atomic mass is 127. The number of halogens is 3. The highest BCUT2D eigenvalue weighted by molar-refractivity contribution is 14.1. The molecule has 0 aliphatic rings. The fraction of sp³-hybridized carbons (Fsp3) is 0.0625. The molecule has 3 aromatic rings. The number of benzene rings is 2. The van der Waals surface area contributed by atoms with Crippen LogP contribution in [0.2, 0.25) is 0 Å². The summed E-state index contributed by atoms with van der Waals surface area (Å²) in [5.41, 5.74) is 1.06. The molecule has 0 saturated heterocycles. The predicted molar refractivity (Wildman–Crippen MR) is 91.9 cm³/mol. The molecule has 2 aromatic carbocycles. The van der Waals surface area contributed by atoms with Crippen molar-refractivity contribution in [1.29, 1.82) is 0 Å². The van der Waals surface area contributed by atoms with Crippen LogP contribution in [0.15, 0.2) is 45.8 Å². The third-order valence-corrected chi connectivity index (χ3v) is 4.08. The number of nitrogens with one attached hydrogen (secondary N) is 2. The molecular weight excluding hydrogens is 417 g/mol. The SMILES string of the molecule is Cc1cc(I)ccc1Nc1c(-c2c[nH]oc2=O)ccc(F)c1F. The molecule has 0 atom stereocenters. The maximum Gasteiger partial charge on any atom is 0.365 e. The Hall–Kier alpha value is -2.16. The van der Waals surface area contributed by atoms with Gasteiger partial charge in [-0.3, -0.25) is 0 Å². The summed E-state index contributed by atoms with van der Waals surface area (Å²) in [6.45, 7) is 1.85. The Labute approximate surface area is 143 Å². The molecule has 1 aromatic heterocycles. The lowest BCUT2D eigenvalue weighted by Crippen LogP contribution is -2.04. The first kappa shape index (κ1) is 15.7. The number of hydrogen-bond acceptors (Lipinski definition) is 3. The molecule has 0 fully saturated rings. The number of H-pyrrole nitrogens is 1. The van der Waals surface area contributed by atoms with Crippen molar-refractivity contribution in [3.05, 3.63) is 67.7 Å². The zero-order valence-corrected chi connectivity index (χ0v) is 14.1. The van der Waals surface area contributed by atoms with E-state index in [-0.39, 0.29) is 16.8 Å². The molecular formula is C16H11F2IN2O2. The van der Waals surface area contributed by atoms with Crippen molar-refractivity contribution in [2.24, 2.45) is 0 Å².